The summed E-state index contributed by atoms with van der Waals surface area (Å²) in [5.74, 6) is -1.25. The summed E-state index contributed by atoms with van der Waals surface area (Å²) in [6, 6.07) is 11.3. The second-order valence-corrected chi connectivity index (χ2v) is 9.97. The van der Waals surface area contributed by atoms with Crippen molar-refractivity contribution in [3.63, 3.8) is 0 Å². The minimum absolute atomic E-state index is 0.0264. The number of ether oxygens (including phenoxy) is 1. The molecule has 1 saturated heterocycles. The normalized spacial score (nSPS) is 19.1. The number of anilines is 1. The van der Waals surface area contributed by atoms with Gasteiger partial charge in [-0.05, 0) is 68.4 Å². The fourth-order valence-corrected chi connectivity index (χ4v) is 5.53. The largest absolute Gasteiger partial charge is 0.453 e. The van der Waals surface area contributed by atoms with Gasteiger partial charge in [-0.1, -0.05) is 49.6 Å². The average molecular weight is 510 g/mol. The molecule has 7 nitrogen and oxygen atoms in total. The zero-order valence-electron chi connectivity index (χ0n) is 21.6. The maximum absolute atomic E-state index is 14.5. The van der Waals surface area contributed by atoms with Gasteiger partial charge < -0.3 is 10.1 Å². The van der Waals surface area contributed by atoms with Crippen molar-refractivity contribution in [1.29, 1.82) is 0 Å². The number of nitrogens with zero attached hydrogens (tertiary/aromatic N) is 2. The fraction of sp³-hybridized carbons (Fsp3) is 0.483. The van der Waals surface area contributed by atoms with Gasteiger partial charge in [0.15, 0.2) is 0 Å². The Bertz CT molecular complexity index is 1120. The number of benzene rings is 2. The summed E-state index contributed by atoms with van der Waals surface area (Å²) in [6.45, 7) is 2.27. The number of piperidine rings is 1. The van der Waals surface area contributed by atoms with E-state index in [9.17, 15) is 18.8 Å². The van der Waals surface area contributed by atoms with Crippen molar-refractivity contribution in [2.75, 3.05) is 18.6 Å². The van der Waals surface area contributed by atoms with Crippen molar-refractivity contribution in [2.45, 2.75) is 76.4 Å². The minimum atomic E-state index is -1.03. The van der Waals surface area contributed by atoms with Crippen LogP contribution in [0.3, 0.4) is 0 Å². The number of hydrogen-bond donors (Lipinski definition) is 1. The van der Waals surface area contributed by atoms with Crippen molar-refractivity contribution < 1.29 is 23.5 Å². The van der Waals surface area contributed by atoms with Crippen LogP contribution in [0.25, 0.3) is 0 Å². The first-order chi connectivity index (χ1) is 17.9. The lowest BCUT2D eigenvalue weighted by Gasteiger charge is -2.40. The van der Waals surface area contributed by atoms with Crippen molar-refractivity contribution in [1.82, 2.24) is 10.2 Å². The van der Waals surface area contributed by atoms with Gasteiger partial charge in [0.1, 0.15) is 17.9 Å². The molecule has 3 amide bonds. The van der Waals surface area contributed by atoms with Crippen LogP contribution >= 0.6 is 0 Å². The molecule has 2 atom stereocenters. The molecule has 4 rings (SSSR count). The van der Waals surface area contributed by atoms with Crippen LogP contribution in [-0.4, -0.2) is 48.5 Å². The molecule has 1 saturated carbocycles. The van der Waals surface area contributed by atoms with Crippen LogP contribution in [0.5, 0.6) is 0 Å². The fourth-order valence-electron chi connectivity index (χ4n) is 5.53. The van der Waals surface area contributed by atoms with Gasteiger partial charge in [0.25, 0.3) is 5.91 Å². The van der Waals surface area contributed by atoms with Crippen LogP contribution in [0.2, 0.25) is 0 Å². The summed E-state index contributed by atoms with van der Waals surface area (Å²) in [4.78, 5) is 43.7. The van der Waals surface area contributed by atoms with Gasteiger partial charge >= 0.3 is 6.09 Å². The zero-order valence-corrected chi connectivity index (χ0v) is 21.6. The number of hydrogen-bond acceptors (Lipinski definition) is 4. The summed E-state index contributed by atoms with van der Waals surface area (Å²) in [5, 5.41) is 3.18. The van der Waals surface area contributed by atoms with Crippen molar-refractivity contribution in [2.24, 2.45) is 0 Å². The van der Waals surface area contributed by atoms with E-state index in [1.54, 1.807) is 6.07 Å². The second kappa shape index (κ2) is 12.2. The van der Waals surface area contributed by atoms with Crippen molar-refractivity contribution >= 4 is 23.6 Å². The lowest BCUT2D eigenvalue weighted by atomic mass is 9.93. The molecule has 1 N–H and O–H groups in total. The van der Waals surface area contributed by atoms with E-state index in [2.05, 4.69) is 5.32 Å². The molecule has 1 heterocycles. The third kappa shape index (κ3) is 6.12. The molecule has 0 unspecified atom stereocenters. The first kappa shape index (κ1) is 26.6. The number of methoxy groups -OCH3 is 1. The van der Waals surface area contributed by atoms with Crippen LogP contribution in [0.4, 0.5) is 14.9 Å². The Kier molecular flexibility index (Phi) is 8.79. The molecule has 2 aliphatic rings. The van der Waals surface area contributed by atoms with Crippen LogP contribution in [0.1, 0.15) is 68.5 Å². The van der Waals surface area contributed by atoms with Gasteiger partial charge in [0, 0.05) is 18.3 Å². The molecule has 2 aromatic rings. The molecule has 1 aliphatic carbocycles. The van der Waals surface area contributed by atoms with E-state index in [4.69, 9.17) is 4.74 Å². The van der Waals surface area contributed by atoms with E-state index < -0.39 is 29.9 Å². The summed E-state index contributed by atoms with van der Waals surface area (Å²) in [5.41, 5.74) is 1.77. The maximum atomic E-state index is 14.5. The zero-order chi connectivity index (χ0) is 26.4. The van der Waals surface area contributed by atoms with Gasteiger partial charge in [0.2, 0.25) is 5.91 Å². The Labute approximate surface area is 218 Å². The van der Waals surface area contributed by atoms with E-state index in [-0.39, 0.29) is 17.6 Å². The Morgan fingerprint density at radius 2 is 1.73 bits per heavy atom. The van der Waals surface area contributed by atoms with Gasteiger partial charge in [-0.15, -0.1) is 0 Å². The monoisotopic (exact) mass is 509 g/mol. The molecular weight excluding hydrogens is 473 g/mol. The third-order valence-electron chi connectivity index (χ3n) is 7.46. The number of rotatable bonds is 6. The Hall–Kier alpha value is -3.42. The first-order valence-corrected chi connectivity index (χ1v) is 13.2. The molecule has 37 heavy (non-hydrogen) atoms. The highest BCUT2D eigenvalue weighted by molar-refractivity contribution is 6.04. The molecule has 8 heteroatoms. The van der Waals surface area contributed by atoms with Crippen LogP contribution in [0, 0.1) is 12.7 Å². The molecular formula is C29H36FN3O4. The third-order valence-corrected chi connectivity index (χ3v) is 7.46. The van der Waals surface area contributed by atoms with E-state index in [1.807, 2.05) is 31.2 Å². The second-order valence-electron chi connectivity index (χ2n) is 9.97. The molecule has 0 spiro atoms. The Balaban J connectivity index is 1.81. The average Bonchev–Trinajstić information content (AvgIpc) is 2.92. The van der Waals surface area contributed by atoms with Crippen LogP contribution in [-0.2, 0) is 14.3 Å². The molecule has 0 aromatic heterocycles. The van der Waals surface area contributed by atoms with Crippen molar-refractivity contribution in [3.05, 3.63) is 65.5 Å². The highest BCUT2D eigenvalue weighted by Gasteiger charge is 2.41. The van der Waals surface area contributed by atoms with Gasteiger partial charge in [-0.2, -0.15) is 0 Å². The molecule has 198 valence electrons. The number of amides is 3. The lowest BCUT2D eigenvalue weighted by Crippen LogP contribution is -2.56. The summed E-state index contributed by atoms with van der Waals surface area (Å²) < 4.78 is 19.5. The quantitative estimate of drug-likeness (QED) is 0.575. The highest BCUT2D eigenvalue weighted by atomic mass is 19.1. The molecule has 2 fully saturated rings. The number of nitrogens with one attached hydrogen (secondary N) is 1. The topological polar surface area (TPSA) is 79.0 Å². The molecule has 1 aliphatic heterocycles. The Morgan fingerprint density at radius 1 is 1.00 bits per heavy atom. The first-order valence-electron chi connectivity index (χ1n) is 13.2. The van der Waals surface area contributed by atoms with Gasteiger partial charge in [-0.25, -0.2) is 9.18 Å². The molecule has 2 aromatic carbocycles. The highest BCUT2D eigenvalue weighted by Crippen LogP contribution is 2.34. The smallest absolute Gasteiger partial charge is 0.410 e. The van der Waals surface area contributed by atoms with Crippen LogP contribution in [0.15, 0.2) is 48.5 Å². The standard InChI is InChI=1S/C29H36FN3O4/c1-20-11-6-7-16-24(20)26(27(34)31-22-13-4-3-5-14-22)33(23-15-10-12-21(30)19-23)28(35)25-17-8-9-18-32(25)29(36)37-2/h6-7,10-12,15-16,19,22,25-26H,3-5,8-9,13-14,17-18H2,1-2H3,(H,31,34)/t25-,26+/m0/s1. The predicted octanol–water partition coefficient (Wildman–Crippen LogP) is 5.28. The summed E-state index contributed by atoms with van der Waals surface area (Å²) in [7, 11) is 1.29. The van der Waals surface area contributed by atoms with E-state index >= 15 is 0 Å². The predicted molar refractivity (Wildman–Crippen MR) is 140 cm³/mol. The number of likely N-dealkylation sites (tertiary alicyclic amines) is 1. The van der Waals surface area contributed by atoms with Gasteiger partial charge in [-0.3, -0.25) is 19.4 Å². The van der Waals surface area contributed by atoms with Crippen LogP contribution < -0.4 is 10.2 Å². The molecule has 0 radical (unpaired) electrons. The van der Waals surface area contributed by atoms with Crippen molar-refractivity contribution in [3.8, 4) is 0 Å². The lowest BCUT2D eigenvalue weighted by molar-refractivity contribution is -0.130. The van der Waals surface area contributed by atoms with E-state index in [0.29, 0.717) is 18.5 Å². The van der Waals surface area contributed by atoms with Gasteiger partial charge in [0.05, 0.1) is 7.11 Å². The summed E-state index contributed by atoms with van der Waals surface area (Å²) in [6.07, 6.45) is 6.36. The maximum Gasteiger partial charge on any atom is 0.410 e. The SMILES string of the molecule is COC(=O)N1CCCC[C@H]1C(=O)N(c1cccc(F)c1)[C@@H](C(=O)NC1CCCCC1)c1ccccc1C. The number of carbonyl (C=O) groups is 3. The Morgan fingerprint density at radius 3 is 2.43 bits per heavy atom. The molecule has 0 bridgehead atoms. The number of carbonyl (C=O) groups excluding carboxylic acids is 3. The number of halogens is 1. The van der Waals surface area contributed by atoms with E-state index in [0.717, 1.165) is 50.5 Å². The summed E-state index contributed by atoms with van der Waals surface area (Å²) >= 11 is 0. The minimum Gasteiger partial charge on any atom is -0.453 e. The number of aryl methyl sites for hydroxylation is 1. The van der Waals surface area contributed by atoms with E-state index in [1.165, 1.54) is 35.1 Å².